The lowest BCUT2D eigenvalue weighted by Crippen LogP contribution is -1.81. The number of aromatic hydroxyl groups is 4. The molecule has 2 aromatic rings. The summed E-state index contributed by atoms with van der Waals surface area (Å²) in [6.45, 7) is 3.54. The van der Waals surface area contributed by atoms with Crippen molar-refractivity contribution >= 4 is 23.2 Å². The molecule has 108 valence electrons. The predicted molar refractivity (Wildman–Crippen MR) is 79.0 cm³/mol. The van der Waals surface area contributed by atoms with Crippen molar-refractivity contribution in [3.05, 3.63) is 45.4 Å². The SMILES string of the molecule is Cc1c(O)ccc(O)c1C.Oc1ccc(O)c(Cl)c1Cl. The number of benzene rings is 2. The monoisotopic (exact) mass is 316 g/mol. The molecule has 2 aromatic carbocycles. The van der Waals surface area contributed by atoms with Crippen LogP contribution in [0.3, 0.4) is 0 Å². The molecule has 0 aliphatic carbocycles. The van der Waals surface area contributed by atoms with Gasteiger partial charge in [0.2, 0.25) is 0 Å². The van der Waals surface area contributed by atoms with Crippen molar-refractivity contribution in [2.24, 2.45) is 0 Å². The van der Waals surface area contributed by atoms with Gasteiger partial charge in [0.1, 0.15) is 33.0 Å². The minimum absolute atomic E-state index is 0.0262. The number of phenols is 4. The van der Waals surface area contributed by atoms with Crippen LogP contribution in [0, 0.1) is 13.8 Å². The summed E-state index contributed by atoms with van der Waals surface area (Å²) < 4.78 is 0. The van der Waals surface area contributed by atoms with Crippen LogP contribution in [-0.2, 0) is 0 Å². The van der Waals surface area contributed by atoms with Gasteiger partial charge in [0.05, 0.1) is 0 Å². The van der Waals surface area contributed by atoms with E-state index >= 15 is 0 Å². The van der Waals surface area contributed by atoms with Crippen molar-refractivity contribution in [1.82, 2.24) is 0 Å². The first-order chi connectivity index (χ1) is 9.25. The van der Waals surface area contributed by atoms with E-state index in [0.29, 0.717) is 0 Å². The smallest absolute Gasteiger partial charge is 0.135 e. The summed E-state index contributed by atoms with van der Waals surface area (Å²) >= 11 is 10.9. The first kappa shape index (κ1) is 16.3. The van der Waals surface area contributed by atoms with Crippen molar-refractivity contribution < 1.29 is 20.4 Å². The van der Waals surface area contributed by atoms with Crippen LogP contribution < -0.4 is 0 Å². The second-order valence-electron chi connectivity index (χ2n) is 4.09. The zero-order valence-corrected chi connectivity index (χ0v) is 12.4. The highest BCUT2D eigenvalue weighted by Crippen LogP contribution is 2.36. The van der Waals surface area contributed by atoms with Gasteiger partial charge >= 0.3 is 0 Å². The molecule has 0 spiro atoms. The molecule has 0 radical (unpaired) electrons. The van der Waals surface area contributed by atoms with Gasteiger partial charge in [-0.3, -0.25) is 0 Å². The molecule has 2 rings (SSSR count). The van der Waals surface area contributed by atoms with Crippen LogP contribution in [0.25, 0.3) is 0 Å². The Hall–Kier alpha value is -1.78. The van der Waals surface area contributed by atoms with E-state index in [1.54, 1.807) is 13.8 Å². The third-order valence-corrected chi connectivity index (χ3v) is 3.63. The lowest BCUT2D eigenvalue weighted by Gasteiger charge is -2.03. The Labute approximate surface area is 126 Å². The quantitative estimate of drug-likeness (QED) is 0.551. The minimum Gasteiger partial charge on any atom is -0.508 e. The third-order valence-electron chi connectivity index (χ3n) is 2.77. The highest BCUT2D eigenvalue weighted by atomic mass is 35.5. The standard InChI is InChI=1S/C8H10O2.C6H4Cl2O2/c1-5-6(2)8(10)4-3-7(5)9;7-5-3(9)1-2-4(10)6(5)8/h3-4,9-10H,1-2H3;1-2,9-10H. The first-order valence-electron chi connectivity index (χ1n) is 5.59. The normalized spacial score (nSPS) is 9.80. The van der Waals surface area contributed by atoms with Crippen molar-refractivity contribution in [1.29, 1.82) is 0 Å². The molecule has 0 aliphatic rings. The van der Waals surface area contributed by atoms with Gasteiger partial charge in [-0.25, -0.2) is 0 Å². The molecule has 0 amide bonds. The Bertz CT molecular complexity index is 518. The van der Waals surface area contributed by atoms with E-state index in [1.165, 1.54) is 24.3 Å². The Morgan fingerprint density at radius 1 is 0.600 bits per heavy atom. The fourth-order valence-electron chi connectivity index (χ4n) is 1.32. The maximum Gasteiger partial charge on any atom is 0.135 e. The minimum atomic E-state index is -0.135. The molecule has 0 bridgehead atoms. The molecular weight excluding hydrogens is 303 g/mol. The number of phenolic OH excluding ortho intramolecular Hbond substituents is 4. The summed E-state index contributed by atoms with van der Waals surface area (Å²) in [5.41, 5.74) is 1.47. The zero-order valence-electron chi connectivity index (χ0n) is 10.9. The van der Waals surface area contributed by atoms with Crippen LogP contribution in [-0.4, -0.2) is 20.4 Å². The van der Waals surface area contributed by atoms with E-state index in [-0.39, 0.29) is 33.0 Å². The lowest BCUT2D eigenvalue weighted by molar-refractivity contribution is 0.453. The Kier molecular flexibility index (Phi) is 5.36. The lowest BCUT2D eigenvalue weighted by atomic mass is 10.1. The molecule has 0 saturated carbocycles. The summed E-state index contributed by atoms with van der Waals surface area (Å²) in [7, 11) is 0. The van der Waals surface area contributed by atoms with Crippen LogP contribution >= 0.6 is 23.2 Å². The average molecular weight is 317 g/mol. The van der Waals surface area contributed by atoms with Gasteiger partial charge in [0.15, 0.2) is 0 Å². The molecule has 0 fully saturated rings. The number of halogens is 2. The Balaban J connectivity index is 0.000000200. The molecule has 4 N–H and O–H groups in total. The second kappa shape index (κ2) is 6.59. The molecule has 4 nitrogen and oxygen atoms in total. The summed E-state index contributed by atoms with van der Waals surface area (Å²) in [6, 6.07) is 5.50. The molecule has 0 aliphatic heterocycles. The van der Waals surface area contributed by atoms with E-state index < -0.39 is 0 Å². The molecule has 0 saturated heterocycles. The van der Waals surface area contributed by atoms with Gasteiger partial charge in [0, 0.05) is 0 Å². The molecule has 6 heteroatoms. The molecule has 0 atom stereocenters. The van der Waals surface area contributed by atoms with Gasteiger partial charge in [-0.05, 0) is 49.2 Å². The van der Waals surface area contributed by atoms with Crippen LogP contribution in [0.15, 0.2) is 24.3 Å². The highest BCUT2D eigenvalue weighted by molar-refractivity contribution is 6.43. The maximum atomic E-state index is 9.11. The largest absolute Gasteiger partial charge is 0.508 e. The van der Waals surface area contributed by atoms with Crippen LogP contribution in [0.4, 0.5) is 0 Å². The van der Waals surface area contributed by atoms with Crippen molar-refractivity contribution in [2.75, 3.05) is 0 Å². The Morgan fingerprint density at radius 3 is 1.15 bits per heavy atom. The molecule has 0 heterocycles. The van der Waals surface area contributed by atoms with Gasteiger partial charge in [-0.1, -0.05) is 23.2 Å². The van der Waals surface area contributed by atoms with Gasteiger partial charge in [0.25, 0.3) is 0 Å². The van der Waals surface area contributed by atoms with E-state index in [1.807, 2.05) is 0 Å². The molecular formula is C14H14Cl2O4. The average Bonchev–Trinajstić information content (AvgIpc) is 2.43. The molecule has 0 unspecified atom stereocenters. The van der Waals surface area contributed by atoms with Gasteiger partial charge in [-0.2, -0.15) is 0 Å². The fraction of sp³-hybridized carbons (Fsp3) is 0.143. The van der Waals surface area contributed by atoms with Crippen LogP contribution in [0.5, 0.6) is 23.0 Å². The van der Waals surface area contributed by atoms with Crippen molar-refractivity contribution in [3.63, 3.8) is 0 Å². The maximum absolute atomic E-state index is 9.11. The third kappa shape index (κ3) is 3.62. The number of hydrogen-bond acceptors (Lipinski definition) is 4. The fourth-order valence-corrected chi connectivity index (χ4v) is 1.64. The Morgan fingerprint density at radius 2 is 0.850 bits per heavy atom. The number of rotatable bonds is 0. The first-order valence-corrected chi connectivity index (χ1v) is 6.35. The van der Waals surface area contributed by atoms with Crippen LogP contribution in [0.1, 0.15) is 11.1 Å². The van der Waals surface area contributed by atoms with E-state index in [4.69, 9.17) is 43.6 Å². The summed E-state index contributed by atoms with van der Waals surface area (Å²) in [5.74, 6) is 0.194. The van der Waals surface area contributed by atoms with E-state index in [0.717, 1.165) is 11.1 Å². The van der Waals surface area contributed by atoms with Crippen molar-refractivity contribution in [3.8, 4) is 23.0 Å². The van der Waals surface area contributed by atoms with E-state index in [2.05, 4.69) is 0 Å². The summed E-state index contributed by atoms with van der Waals surface area (Å²) in [4.78, 5) is 0. The second-order valence-corrected chi connectivity index (χ2v) is 4.84. The number of hydrogen-bond donors (Lipinski definition) is 4. The predicted octanol–water partition coefficient (Wildman–Crippen LogP) is 4.12. The topological polar surface area (TPSA) is 80.9 Å². The summed E-state index contributed by atoms with van der Waals surface area (Å²) in [5, 5.41) is 36.0. The molecule has 0 aromatic heterocycles. The van der Waals surface area contributed by atoms with E-state index in [9.17, 15) is 0 Å². The highest BCUT2D eigenvalue weighted by Gasteiger charge is 2.06. The van der Waals surface area contributed by atoms with Gasteiger partial charge < -0.3 is 20.4 Å². The zero-order chi connectivity index (χ0) is 15.4. The molecule has 20 heavy (non-hydrogen) atoms. The van der Waals surface area contributed by atoms with Crippen molar-refractivity contribution in [2.45, 2.75) is 13.8 Å². The van der Waals surface area contributed by atoms with Gasteiger partial charge in [-0.15, -0.1) is 0 Å². The summed E-state index contributed by atoms with van der Waals surface area (Å²) in [6.07, 6.45) is 0. The van der Waals surface area contributed by atoms with Crippen LogP contribution in [0.2, 0.25) is 10.0 Å².